The molecule has 3 aromatic rings. The zero-order chi connectivity index (χ0) is 18.0. The molecule has 9 heteroatoms. The molecule has 2 N–H and O–H groups in total. The highest BCUT2D eigenvalue weighted by Crippen LogP contribution is 2.22. The van der Waals surface area contributed by atoms with Crippen LogP contribution in [-0.2, 0) is 11.3 Å². The minimum atomic E-state index is -0.338. The van der Waals surface area contributed by atoms with E-state index in [0.29, 0.717) is 21.2 Å². The first kappa shape index (κ1) is 17.5. The van der Waals surface area contributed by atoms with Gasteiger partial charge in [-0.1, -0.05) is 29.3 Å². The minimum Gasteiger partial charge on any atom is -0.396 e. The van der Waals surface area contributed by atoms with Crippen LogP contribution in [0.2, 0.25) is 10.0 Å². The van der Waals surface area contributed by atoms with Gasteiger partial charge in [0.15, 0.2) is 0 Å². The number of carbonyl (C=O) groups is 1. The summed E-state index contributed by atoms with van der Waals surface area (Å²) in [6.07, 6.45) is 2.94. The van der Waals surface area contributed by atoms with E-state index in [4.69, 9.17) is 28.3 Å². The molecule has 0 saturated heterocycles. The molecular formula is C16H14Cl2N4O3. The summed E-state index contributed by atoms with van der Waals surface area (Å²) in [7, 11) is 0. The molecule has 7 nitrogen and oxygen atoms in total. The number of nitrogens with zero attached hydrogens (tertiary/aromatic N) is 3. The van der Waals surface area contributed by atoms with Crippen LogP contribution in [0.15, 0.2) is 41.6 Å². The van der Waals surface area contributed by atoms with E-state index in [1.165, 1.54) is 27.7 Å². The van der Waals surface area contributed by atoms with Gasteiger partial charge in [-0.2, -0.15) is 5.10 Å². The van der Waals surface area contributed by atoms with Crippen LogP contribution in [-0.4, -0.2) is 31.8 Å². The van der Waals surface area contributed by atoms with Crippen molar-refractivity contribution < 1.29 is 9.90 Å². The molecule has 0 saturated carbocycles. The lowest BCUT2D eigenvalue weighted by atomic mass is 10.2. The standard InChI is InChI=1S/C16H14Cl2N4O3/c17-12-2-1-10(5-13(12)18)7-21-9-19-22-8-11(6-14(22)16(21)25)20-15(24)3-4-23/h1-2,5-6,8-9,23H,3-4,7H2,(H,20,24). The maximum Gasteiger partial charge on any atom is 0.278 e. The van der Waals surface area contributed by atoms with Gasteiger partial charge < -0.3 is 10.4 Å². The second kappa shape index (κ2) is 7.26. The van der Waals surface area contributed by atoms with Gasteiger partial charge in [0.25, 0.3) is 5.56 Å². The van der Waals surface area contributed by atoms with Crippen molar-refractivity contribution in [1.29, 1.82) is 0 Å². The highest BCUT2D eigenvalue weighted by atomic mass is 35.5. The molecule has 0 unspecified atom stereocenters. The number of benzene rings is 1. The van der Waals surface area contributed by atoms with Crippen molar-refractivity contribution in [3.63, 3.8) is 0 Å². The number of aliphatic hydroxyl groups excluding tert-OH is 1. The van der Waals surface area contributed by atoms with Crippen LogP contribution < -0.4 is 10.9 Å². The van der Waals surface area contributed by atoms with Crippen LogP contribution in [0.5, 0.6) is 0 Å². The third-order valence-corrected chi connectivity index (χ3v) is 4.29. The number of hydrogen-bond donors (Lipinski definition) is 2. The summed E-state index contributed by atoms with van der Waals surface area (Å²) >= 11 is 11.9. The zero-order valence-corrected chi connectivity index (χ0v) is 14.5. The molecule has 2 heterocycles. The third-order valence-electron chi connectivity index (χ3n) is 3.56. The highest BCUT2D eigenvalue weighted by molar-refractivity contribution is 6.42. The van der Waals surface area contributed by atoms with Crippen LogP contribution >= 0.6 is 23.2 Å². The van der Waals surface area contributed by atoms with Crippen LogP contribution in [0.3, 0.4) is 0 Å². The highest BCUT2D eigenvalue weighted by Gasteiger charge is 2.10. The Balaban J connectivity index is 1.90. The van der Waals surface area contributed by atoms with E-state index in [-0.39, 0.29) is 31.0 Å². The topological polar surface area (TPSA) is 88.6 Å². The van der Waals surface area contributed by atoms with E-state index < -0.39 is 0 Å². The van der Waals surface area contributed by atoms with Crippen molar-refractivity contribution >= 4 is 40.3 Å². The third kappa shape index (κ3) is 3.84. The molecule has 0 fully saturated rings. The SMILES string of the molecule is O=C(CCO)Nc1cc2c(=O)n(Cc3ccc(Cl)c(Cl)c3)cnn2c1. The predicted molar refractivity (Wildman–Crippen MR) is 95.3 cm³/mol. The first-order valence-electron chi connectivity index (χ1n) is 7.40. The lowest BCUT2D eigenvalue weighted by Gasteiger charge is -2.06. The number of rotatable bonds is 5. The Hall–Kier alpha value is -2.35. The zero-order valence-electron chi connectivity index (χ0n) is 12.9. The van der Waals surface area contributed by atoms with E-state index in [2.05, 4.69) is 10.4 Å². The van der Waals surface area contributed by atoms with Crippen LogP contribution in [0.25, 0.3) is 5.52 Å². The summed E-state index contributed by atoms with van der Waals surface area (Å²) in [4.78, 5) is 24.1. The molecule has 25 heavy (non-hydrogen) atoms. The quantitative estimate of drug-likeness (QED) is 0.709. The number of halogens is 2. The predicted octanol–water partition coefficient (Wildman–Crippen LogP) is 2.17. The Morgan fingerprint density at radius 1 is 1.24 bits per heavy atom. The smallest absolute Gasteiger partial charge is 0.278 e. The summed E-state index contributed by atoms with van der Waals surface area (Å²) in [5.41, 5.74) is 1.31. The van der Waals surface area contributed by atoms with Gasteiger partial charge in [-0.25, -0.2) is 4.52 Å². The average molecular weight is 381 g/mol. The Kier molecular flexibility index (Phi) is 5.08. The van der Waals surface area contributed by atoms with Crippen LogP contribution in [0.4, 0.5) is 5.69 Å². The molecule has 0 spiro atoms. The fourth-order valence-corrected chi connectivity index (χ4v) is 2.69. The van der Waals surface area contributed by atoms with Gasteiger partial charge in [0, 0.05) is 0 Å². The maximum atomic E-state index is 12.6. The van der Waals surface area contributed by atoms with E-state index in [9.17, 15) is 9.59 Å². The van der Waals surface area contributed by atoms with Crippen LogP contribution in [0.1, 0.15) is 12.0 Å². The molecule has 2 aromatic heterocycles. The lowest BCUT2D eigenvalue weighted by Crippen LogP contribution is -2.23. The minimum absolute atomic E-state index is 0.0127. The Labute approximate surface area is 152 Å². The van der Waals surface area contributed by atoms with Crippen LogP contribution in [0, 0.1) is 0 Å². The summed E-state index contributed by atoms with van der Waals surface area (Å²) in [6, 6.07) is 6.68. The Bertz CT molecular complexity index is 997. The number of amides is 1. The fraction of sp³-hybridized carbons (Fsp3) is 0.188. The van der Waals surface area contributed by atoms with Gasteiger partial charge in [-0.05, 0) is 23.8 Å². The first-order valence-corrected chi connectivity index (χ1v) is 8.16. The van der Waals surface area contributed by atoms with E-state index in [1.807, 2.05) is 0 Å². The molecule has 0 aliphatic rings. The van der Waals surface area contributed by atoms with Crippen molar-refractivity contribution in [2.75, 3.05) is 11.9 Å². The molecule has 130 valence electrons. The molecule has 0 atom stereocenters. The van der Waals surface area contributed by atoms with Crippen molar-refractivity contribution in [3.8, 4) is 0 Å². The molecule has 1 aromatic carbocycles. The van der Waals surface area contributed by atoms with Gasteiger partial charge in [0.2, 0.25) is 5.91 Å². The van der Waals surface area contributed by atoms with E-state index >= 15 is 0 Å². The lowest BCUT2D eigenvalue weighted by molar-refractivity contribution is -0.116. The number of aromatic nitrogens is 3. The number of carbonyl (C=O) groups excluding carboxylic acids is 1. The second-order valence-corrected chi connectivity index (χ2v) is 6.21. The maximum absolute atomic E-state index is 12.6. The largest absolute Gasteiger partial charge is 0.396 e. The molecule has 0 radical (unpaired) electrons. The van der Waals surface area contributed by atoms with Gasteiger partial charge >= 0.3 is 0 Å². The van der Waals surface area contributed by atoms with Gasteiger partial charge in [0.05, 0.1) is 41.5 Å². The Morgan fingerprint density at radius 3 is 2.76 bits per heavy atom. The number of nitrogens with one attached hydrogen (secondary N) is 1. The van der Waals surface area contributed by atoms with Gasteiger partial charge in [0.1, 0.15) is 11.8 Å². The molecule has 0 bridgehead atoms. The van der Waals surface area contributed by atoms with Gasteiger partial charge in [-0.3, -0.25) is 14.2 Å². The molecule has 0 aliphatic heterocycles. The van der Waals surface area contributed by atoms with Crippen molar-refractivity contribution in [1.82, 2.24) is 14.2 Å². The normalized spacial score (nSPS) is 11.0. The number of hydrogen-bond acceptors (Lipinski definition) is 4. The molecule has 1 amide bonds. The van der Waals surface area contributed by atoms with Crippen molar-refractivity contribution in [2.45, 2.75) is 13.0 Å². The van der Waals surface area contributed by atoms with E-state index in [0.717, 1.165) is 5.56 Å². The Morgan fingerprint density at radius 2 is 2.04 bits per heavy atom. The number of aliphatic hydroxyl groups is 1. The van der Waals surface area contributed by atoms with E-state index in [1.54, 1.807) is 18.2 Å². The molecular weight excluding hydrogens is 367 g/mol. The first-order chi connectivity index (χ1) is 12.0. The number of fused-ring (bicyclic) bond motifs is 1. The van der Waals surface area contributed by atoms with Gasteiger partial charge in [-0.15, -0.1) is 0 Å². The summed E-state index contributed by atoms with van der Waals surface area (Å²) < 4.78 is 2.83. The summed E-state index contributed by atoms with van der Waals surface area (Å²) in [5, 5.41) is 16.4. The summed E-state index contributed by atoms with van der Waals surface area (Å²) in [5.74, 6) is -0.338. The summed E-state index contributed by atoms with van der Waals surface area (Å²) in [6.45, 7) is 0.0461. The second-order valence-electron chi connectivity index (χ2n) is 5.39. The number of anilines is 1. The van der Waals surface area contributed by atoms with Crippen molar-refractivity contribution in [2.24, 2.45) is 0 Å². The van der Waals surface area contributed by atoms with Crippen molar-refractivity contribution in [3.05, 3.63) is 62.8 Å². The molecule has 3 rings (SSSR count). The fourth-order valence-electron chi connectivity index (χ4n) is 2.37. The average Bonchev–Trinajstić information content (AvgIpc) is 2.97. The monoisotopic (exact) mass is 380 g/mol. The molecule has 0 aliphatic carbocycles.